The van der Waals surface area contributed by atoms with Crippen LogP contribution in [0.25, 0.3) is 0 Å². The van der Waals surface area contributed by atoms with Gasteiger partial charge in [-0.3, -0.25) is 0 Å². The Labute approximate surface area is 77.2 Å². The molecular weight excluding hydrogens is 170 g/mol. The lowest BCUT2D eigenvalue weighted by Gasteiger charge is -1.92. The number of hydrogen-bond acceptors (Lipinski definition) is 4. The summed E-state index contributed by atoms with van der Waals surface area (Å²) in [5.41, 5.74) is 0. The molecule has 0 aliphatic heterocycles. The Balaban J connectivity index is 2.41. The van der Waals surface area contributed by atoms with E-state index in [2.05, 4.69) is 29.4 Å². The Kier molecular flexibility index (Phi) is 4.00. The molecule has 1 rings (SSSR count). The molecule has 3 nitrogen and oxygen atoms in total. The summed E-state index contributed by atoms with van der Waals surface area (Å²) in [4.78, 5) is 0. The monoisotopic (exact) mass is 185 g/mol. The van der Waals surface area contributed by atoms with E-state index in [1.165, 1.54) is 12.8 Å². The van der Waals surface area contributed by atoms with Crippen molar-refractivity contribution in [1.29, 1.82) is 0 Å². The highest BCUT2D eigenvalue weighted by Crippen LogP contribution is 2.16. The summed E-state index contributed by atoms with van der Waals surface area (Å²) in [5.74, 6) is 0. The van der Waals surface area contributed by atoms with Gasteiger partial charge in [0.2, 0.25) is 5.13 Å². The molecule has 0 amide bonds. The van der Waals surface area contributed by atoms with Crippen molar-refractivity contribution in [3.05, 3.63) is 5.01 Å². The first-order chi connectivity index (χ1) is 5.86. The summed E-state index contributed by atoms with van der Waals surface area (Å²) in [6.07, 6.45) is 3.50. The average Bonchev–Trinajstić information content (AvgIpc) is 2.50. The van der Waals surface area contributed by atoms with E-state index < -0.39 is 0 Å². The number of anilines is 1. The van der Waals surface area contributed by atoms with Gasteiger partial charge in [0.05, 0.1) is 0 Å². The van der Waals surface area contributed by atoms with Crippen LogP contribution in [0.5, 0.6) is 0 Å². The zero-order chi connectivity index (χ0) is 8.81. The number of aryl methyl sites for hydroxylation is 1. The van der Waals surface area contributed by atoms with Gasteiger partial charge in [-0.15, -0.1) is 10.2 Å². The van der Waals surface area contributed by atoms with Gasteiger partial charge in [0.15, 0.2) is 0 Å². The molecule has 0 atom stereocenters. The SMILES string of the molecule is CCCCc1nnc(NCC)s1. The summed E-state index contributed by atoms with van der Waals surface area (Å²) >= 11 is 1.66. The third kappa shape index (κ3) is 2.77. The van der Waals surface area contributed by atoms with E-state index in [4.69, 9.17) is 0 Å². The van der Waals surface area contributed by atoms with E-state index in [-0.39, 0.29) is 0 Å². The molecule has 0 aliphatic carbocycles. The van der Waals surface area contributed by atoms with Gasteiger partial charge in [0.1, 0.15) is 5.01 Å². The molecule has 0 fully saturated rings. The van der Waals surface area contributed by atoms with E-state index >= 15 is 0 Å². The largest absolute Gasteiger partial charge is 0.360 e. The zero-order valence-corrected chi connectivity index (χ0v) is 8.45. The van der Waals surface area contributed by atoms with Gasteiger partial charge in [-0.2, -0.15) is 0 Å². The van der Waals surface area contributed by atoms with Crippen molar-refractivity contribution >= 4 is 16.5 Å². The number of nitrogens with one attached hydrogen (secondary N) is 1. The van der Waals surface area contributed by atoms with Crippen molar-refractivity contribution in [1.82, 2.24) is 10.2 Å². The quantitative estimate of drug-likeness (QED) is 0.765. The molecule has 1 aromatic heterocycles. The van der Waals surface area contributed by atoms with Crippen LogP contribution in [-0.4, -0.2) is 16.7 Å². The summed E-state index contributed by atoms with van der Waals surface area (Å²) in [5, 5.41) is 13.3. The molecule has 68 valence electrons. The highest BCUT2D eigenvalue weighted by molar-refractivity contribution is 7.15. The highest BCUT2D eigenvalue weighted by Gasteiger charge is 2.01. The maximum absolute atomic E-state index is 4.08. The van der Waals surface area contributed by atoms with Gasteiger partial charge < -0.3 is 5.32 Å². The van der Waals surface area contributed by atoms with E-state index in [0.29, 0.717) is 0 Å². The maximum Gasteiger partial charge on any atom is 0.205 e. The second kappa shape index (κ2) is 5.09. The fraction of sp³-hybridized carbons (Fsp3) is 0.750. The van der Waals surface area contributed by atoms with Crippen molar-refractivity contribution in [2.75, 3.05) is 11.9 Å². The smallest absolute Gasteiger partial charge is 0.205 e. The van der Waals surface area contributed by atoms with Crippen molar-refractivity contribution < 1.29 is 0 Å². The van der Waals surface area contributed by atoms with Crippen molar-refractivity contribution in [2.45, 2.75) is 33.1 Å². The second-order valence-corrected chi connectivity index (χ2v) is 3.70. The molecule has 0 spiro atoms. The lowest BCUT2D eigenvalue weighted by Crippen LogP contribution is -1.94. The Bertz CT molecular complexity index is 222. The van der Waals surface area contributed by atoms with Crippen LogP contribution in [-0.2, 0) is 6.42 Å². The first-order valence-corrected chi connectivity index (χ1v) is 5.24. The minimum Gasteiger partial charge on any atom is -0.360 e. The molecule has 4 heteroatoms. The molecule has 0 saturated heterocycles. The molecule has 1 aromatic rings. The number of aromatic nitrogens is 2. The molecule has 0 bridgehead atoms. The predicted octanol–water partition coefficient (Wildman–Crippen LogP) is 2.31. The minimum absolute atomic E-state index is 0.919. The maximum atomic E-state index is 4.08. The number of rotatable bonds is 5. The minimum atomic E-state index is 0.919. The van der Waals surface area contributed by atoms with Crippen LogP contribution in [0.4, 0.5) is 5.13 Å². The summed E-state index contributed by atoms with van der Waals surface area (Å²) < 4.78 is 0. The fourth-order valence-corrected chi connectivity index (χ4v) is 1.75. The van der Waals surface area contributed by atoms with Gasteiger partial charge in [-0.1, -0.05) is 24.7 Å². The summed E-state index contributed by atoms with van der Waals surface area (Å²) in [6, 6.07) is 0. The van der Waals surface area contributed by atoms with Crippen molar-refractivity contribution in [2.24, 2.45) is 0 Å². The van der Waals surface area contributed by atoms with Crippen LogP contribution in [0.2, 0.25) is 0 Å². The second-order valence-electron chi connectivity index (χ2n) is 2.63. The average molecular weight is 185 g/mol. The predicted molar refractivity (Wildman–Crippen MR) is 52.7 cm³/mol. The van der Waals surface area contributed by atoms with Crippen LogP contribution < -0.4 is 5.32 Å². The van der Waals surface area contributed by atoms with Gasteiger partial charge in [0.25, 0.3) is 0 Å². The molecule has 0 aromatic carbocycles. The number of unbranched alkanes of at least 4 members (excludes halogenated alkanes) is 1. The Hall–Kier alpha value is -0.640. The zero-order valence-electron chi connectivity index (χ0n) is 7.63. The molecular formula is C8H15N3S. The molecule has 1 N–H and O–H groups in total. The number of nitrogens with zero attached hydrogens (tertiary/aromatic N) is 2. The van der Waals surface area contributed by atoms with Gasteiger partial charge in [-0.25, -0.2) is 0 Å². The van der Waals surface area contributed by atoms with E-state index in [0.717, 1.165) is 23.1 Å². The van der Waals surface area contributed by atoms with Crippen LogP contribution in [0.1, 0.15) is 31.7 Å². The number of hydrogen-bond donors (Lipinski definition) is 1. The molecule has 1 heterocycles. The normalized spacial score (nSPS) is 10.2. The van der Waals surface area contributed by atoms with Crippen LogP contribution in [0.15, 0.2) is 0 Å². The molecule has 0 radical (unpaired) electrons. The van der Waals surface area contributed by atoms with Gasteiger partial charge in [-0.05, 0) is 13.3 Å². The lowest BCUT2D eigenvalue weighted by molar-refractivity contribution is 0.779. The Morgan fingerprint density at radius 1 is 1.33 bits per heavy atom. The molecule has 0 unspecified atom stereocenters. The summed E-state index contributed by atoms with van der Waals surface area (Å²) in [6.45, 7) is 5.17. The first kappa shape index (κ1) is 9.45. The van der Waals surface area contributed by atoms with Crippen LogP contribution in [0.3, 0.4) is 0 Å². The van der Waals surface area contributed by atoms with Gasteiger partial charge >= 0.3 is 0 Å². The van der Waals surface area contributed by atoms with Crippen LogP contribution in [0, 0.1) is 0 Å². The van der Waals surface area contributed by atoms with E-state index in [1.807, 2.05) is 0 Å². The van der Waals surface area contributed by atoms with Crippen molar-refractivity contribution in [3.63, 3.8) is 0 Å². The van der Waals surface area contributed by atoms with Crippen molar-refractivity contribution in [3.8, 4) is 0 Å². The third-order valence-corrected chi connectivity index (χ3v) is 2.48. The van der Waals surface area contributed by atoms with Gasteiger partial charge in [0, 0.05) is 13.0 Å². The Morgan fingerprint density at radius 2 is 2.17 bits per heavy atom. The van der Waals surface area contributed by atoms with E-state index in [9.17, 15) is 0 Å². The topological polar surface area (TPSA) is 37.8 Å². The fourth-order valence-electron chi connectivity index (χ4n) is 0.905. The van der Waals surface area contributed by atoms with Crippen LogP contribution >= 0.6 is 11.3 Å². The third-order valence-electron chi connectivity index (χ3n) is 1.54. The summed E-state index contributed by atoms with van der Waals surface area (Å²) in [7, 11) is 0. The Morgan fingerprint density at radius 3 is 2.83 bits per heavy atom. The van der Waals surface area contributed by atoms with E-state index in [1.54, 1.807) is 11.3 Å². The standard InChI is InChI=1S/C8H15N3S/c1-3-5-6-7-10-11-8(12-7)9-4-2/h3-6H2,1-2H3,(H,9,11). The molecule has 0 saturated carbocycles. The first-order valence-electron chi connectivity index (χ1n) is 4.43. The molecule has 12 heavy (non-hydrogen) atoms. The molecule has 0 aliphatic rings. The lowest BCUT2D eigenvalue weighted by atomic mass is 10.3. The highest BCUT2D eigenvalue weighted by atomic mass is 32.1.